The molecule has 1 unspecified atom stereocenters. The Morgan fingerprint density at radius 1 is 1.21 bits per heavy atom. The summed E-state index contributed by atoms with van der Waals surface area (Å²) in [7, 11) is 0. The van der Waals surface area contributed by atoms with Gasteiger partial charge in [0.2, 0.25) is 0 Å². The van der Waals surface area contributed by atoms with Gasteiger partial charge in [0.15, 0.2) is 0 Å². The Morgan fingerprint density at radius 3 is 2.07 bits per heavy atom. The molecular weight excluding hydrogens is 168 g/mol. The zero-order chi connectivity index (χ0) is 10.8. The molecule has 0 nitrogen and oxygen atoms in total. The molecule has 1 aliphatic rings. The maximum Gasteiger partial charge on any atom is -0.0173 e. The van der Waals surface area contributed by atoms with Crippen LogP contribution in [0.5, 0.6) is 0 Å². The van der Waals surface area contributed by atoms with Gasteiger partial charge in [0, 0.05) is 0 Å². The van der Waals surface area contributed by atoms with E-state index in [2.05, 4.69) is 33.1 Å². The quantitative estimate of drug-likeness (QED) is 0.554. The minimum atomic E-state index is 0.704. The highest BCUT2D eigenvalue weighted by atomic mass is 14.3. The number of rotatable bonds is 4. The maximum atomic E-state index is 3.88. The van der Waals surface area contributed by atoms with Crippen LogP contribution in [0.3, 0.4) is 0 Å². The molecule has 0 aromatic rings. The lowest BCUT2D eigenvalue weighted by atomic mass is 9.88. The van der Waals surface area contributed by atoms with Gasteiger partial charge in [0.25, 0.3) is 0 Å². The average Bonchev–Trinajstić information content (AvgIpc) is 2.68. The molecule has 0 spiro atoms. The summed E-state index contributed by atoms with van der Waals surface area (Å²) in [6, 6.07) is 0. The molecular formula is C14H26. The zero-order valence-corrected chi connectivity index (χ0v) is 9.97. The molecule has 0 amide bonds. The largest absolute Gasteiger partial charge is 0.103 e. The van der Waals surface area contributed by atoms with Crippen molar-refractivity contribution in [3.8, 4) is 0 Å². The monoisotopic (exact) mass is 194 g/mol. The van der Waals surface area contributed by atoms with Gasteiger partial charge in [-0.2, -0.15) is 0 Å². The molecule has 14 heavy (non-hydrogen) atoms. The molecule has 1 aliphatic carbocycles. The van der Waals surface area contributed by atoms with Gasteiger partial charge in [0.05, 0.1) is 0 Å². The third-order valence-electron chi connectivity index (χ3n) is 2.75. The fraction of sp³-hybridized carbons (Fsp3) is 0.714. The molecule has 1 rings (SSSR count). The van der Waals surface area contributed by atoms with E-state index in [1.807, 2.05) is 6.08 Å². The topological polar surface area (TPSA) is 0 Å². The van der Waals surface area contributed by atoms with Gasteiger partial charge in [-0.25, -0.2) is 0 Å². The van der Waals surface area contributed by atoms with Crippen molar-refractivity contribution >= 4 is 0 Å². The molecule has 0 aliphatic heterocycles. The molecule has 0 heterocycles. The van der Waals surface area contributed by atoms with Crippen LogP contribution in [0.25, 0.3) is 0 Å². The lowest BCUT2D eigenvalue weighted by Gasteiger charge is -2.17. The van der Waals surface area contributed by atoms with Gasteiger partial charge in [-0.3, -0.25) is 0 Å². The van der Waals surface area contributed by atoms with E-state index in [0.717, 1.165) is 12.3 Å². The van der Waals surface area contributed by atoms with Crippen molar-refractivity contribution in [3.63, 3.8) is 0 Å². The summed E-state index contributed by atoms with van der Waals surface area (Å²) in [5, 5.41) is 0. The second kappa shape index (κ2) is 9.05. The van der Waals surface area contributed by atoms with Gasteiger partial charge >= 0.3 is 0 Å². The van der Waals surface area contributed by atoms with E-state index in [4.69, 9.17) is 0 Å². The van der Waals surface area contributed by atoms with E-state index >= 15 is 0 Å². The van der Waals surface area contributed by atoms with Gasteiger partial charge in [0.1, 0.15) is 0 Å². The van der Waals surface area contributed by atoms with Crippen molar-refractivity contribution in [3.05, 3.63) is 25.3 Å². The standard InChI is InChI=1S/C11H18.C3H8/c1-3-7-10(4-2)11-8-5-6-9-11;1-3-2/h3-4,10-11H,1-2,5-9H2;3H2,1-2H3. The normalized spacial score (nSPS) is 18.1. The molecule has 0 aromatic heterocycles. The van der Waals surface area contributed by atoms with Crippen LogP contribution in [0.4, 0.5) is 0 Å². The Morgan fingerprint density at radius 2 is 1.71 bits per heavy atom. The van der Waals surface area contributed by atoms with E-state index in [1.54, 1.807) is 0 Å². The van der Waals surface area contributed by atoms with Gasteiger partial charge in [-0.1, -0.05) is 45.3 Å². The summed E-state index contributed by atoms with van der Waals surface area (Å²) in [5.41, 5.74) is 0. The van der Waals surface area contributed by atoms with Gasteiger partial charge in [-0.05, 0) is 31.1 Å². The lowest BCUT2D eigenvalue weighted by molar-refractivity contribution is 0.409. The highest BCUT2D eigenvalue weighted by Gasteiger charge is 2.21. The first-order chi connectivity index (χ1) is 6.79. The molecule has 0 aromatic carbocycles. The number of hydrogen-bond donors (Lipinski definition) is 0. The van der Waals surface area contributed by atoms with Crippen LogP contribution in [-0.4, -0.2) is 0 Å². The lowest BCUT2D eigenvalue weighted by Crippen LogP contribution is -2.07. The minimum absolute atomic E-state index is 0.704. The van der Waals surface area contributed by atoms with Crippen molar-refractivity contribution < 1.29 is 0 Å². The van der Waals surface area contributed by atoms with Crippen LogP contribution in [0, 0.1) is 11.8 Å². The Labute approximate surface area is 90.1 Å². The van der Waals surface area contributed by atoms with Crippen LogP contribution in [-0.2, 0) is 0 Å². The van der Waals surface area contributed by atoms with Crippen molar-refractivity contribution in [2.75, 3.05) is 0 Å². The minimum Gasteiger partial charge on any atom is -0.103 e. The van der Waals surface area contributed by atoms with Crippen LogP contribution in [0.2, 0.25) is 0 Å². The SMILES string of the molecule is C=CCC(C=C)C1CCCC1.CCC. The highest BCUT2D eigenvalue weighted by Crippen LogP contribution is 2.33. The van der Waals surface area contributed by atoms with Crippen LogP contribution in [0.15, 0.2) is 25.3 Å². The Hall–Kier alpha value is -0.520. The van der Waals surface area contributed by atoms with Crippen LogP contribution in [0.1, 0.15) is 52.4 Å². The molecule has 0 bridgehead atoms. The summed E-state index contributed by atoms with van der Waals surface area (Å²) >= 11 is 0. The molecule has 0 saturated heterocycles. The second-order valence-electron chi connectivity index (χ2n) is 4.18. The second-order valence-corrected chi connectivity index (χ2v) is 4.18. The molecule has 0 radical (unpaired) electrons. The van der Waals surface area contributed by atoms with E-state index in [0.29, 0.717) is 5.92 Å². The van der Waals surface area contributed by atoms with Crippen molar-refractivity contribution in [1.29, 1.82) is 0 Å². The molecule has 1 fully saturated rings. The predicted molar refractivity (Wildman–Crippen MR) is 66.4 cm³/mol. The highest BCUT2D eigenvalue weighted by molar-refractivity contribution is 4.90. The van der Waals surface area contributed by atoms with E-state index in [1.165, 1.54) is 32.1 Å². The first-order valence-electron chi connectivity index (χ1n) is 6.03. The first kappa shape index (κ1) is 13.5. The van der Waals surface area contributed by atoms with Crippen molar-refractivity contribution in [1.82, 2.24) is 0 Å². The molecule has 0 heteroatoms. The maximum absolute atomic E-state index is 3.88. The van der Waals surface area contributed by atoms with Crippen molar-refractivity contribution in [2.45, 2.75) is 52.4 Å². The smallest absolute Gasteiger partial charge is 0.0173 e. The van der Waals surface area contributed by atoms with Crippen molar-refractivity contribution in [2.24, 2.45) is 11.8 Å². The molecule has 1 saturated carbocycles. The zero-order valence-electron chi connectivity index (χ0n) is 9.97. The summed E-state index contributed by atoms with van der Waals surface area (Å²) in [6.45, 7) is 11.9. The Balaban J connectivity index is 0.000000500. The first-order valence-corrected chi connectivity index (χ1v) is 6.03. The van der Waals surface area contributed by atoms with Gasteiger partial charge < -0.3 is 0 Å². The summed E-state index contributed by atoms with van der Waals surface area (Å²) in [4.78, 5) is 0. The molecule has 82 valence electrons. The van der Waals surface area contributed by atoms with Crippen LogP contribution < -0.4 is 0 Å². The number of allylic oxidation sites excluding steroid dienone is 2. The average molecular weight is 194 g/mol. The van der Waals surface area contributed by atoms with E-state index in [9.17, 15) is 0 Å². The van der Waals surface area contributed by atoms with Gasteiger partial charge in [-0.15, -0.1) is 13.2 Å². The summed E-state index contributed by atoms with van der Waals surface area (Å²) < 4.78 is 0. The summed E-state index contributed by atoms with van der Waals surface area (Å²) in [6.07, 6.45) is 12.2. The predicted octanol–water partition coefficient (Wildman–Crippen LogP) is 4.97. The third-order valence-corrected chi connectivity index (χ3v) is 2.75. The fourth-order valence-electron chi connectivity index (χ4n) is 2.06. The Kier molecular flexibility index (Phi) is 8.72. The summed E-state index contributed by atoms with van der Waals surface area (Å²) in [5.74, 6) is 1.61. The molecule has 1 atom stereocenters. The molecule has 0 N–H and O–H groups in total. The third kappa shape index (κ3) is 5.26. The van der Waals surface area contributed by atoms with E-state index < -0.39 is 0 Å². The number of hydrogen-bond acceptors (Lipinski definition) is 0. The van der Waals surface area contributed by atoms with Crippen LogP contribution >= 0.6 is 0 Å². The fourth-order valence-corrected chi connectivity index (χ4v) is 2.06. The van der Waals surface area contributed by atoms with E-state index in [-0.39, 0.29) is 0 Å². The Bertz CT molecular complexity index is 140.